The maximum absolute atomic E-state index is 13.8. The van der Waals surface area contributed by atoms with Crippen LogP contribution < -0.4 is 0 Å². The molecule has 0 bridgehead atoms. The van der Waals surface area contributed by atoms with E-state index in [0.717, 1.165) is 0 Å². The monoisotopic (exact) mass is 1730 g/mol. The van der Waals surface area contributed by atoms with Crippen molar-refractivity contribution in [1.82, 2.24) is 29.4 Å². The largest absolute Gasteiger partial charge is 0.465 e. The van der Waals surface area contributed by atoms with Crippen LogP contribution in [0.3, 0.4) is 0 Å². The molecular weight excluding hydrogens is 1580 g/mol. The van der Waals surface area contributed by atoms with Gasteiger partial charge < -0.3 is 123 Å². The lowest BCUT2D eigenvalue weighted by Crippen LogP contribution is -2.40. The molecule has 0 spiro atoms. The highest BCUT2D eigenvalue weighted by Crippen LogP contribution is 2.27. The fourth-order valence-electron chi connectivity index (χ4n) is 12.2. The van der Waals surface area contributed by atoms with E-state index in [-0.39, 0.29) is 78.2 Å². The zero-order chi connectivity index (χ0) is 85.2. The summed E-state index contributed by atoms with van der Waals surface area (Å²) in [4.78, 5) is 94.5. The van der Waals surface area contributed by atoms with Crippen molar-refractivity contribution < 1.29 is 152 Å². The normalized spacial score (nSPS) is 21.4. The Kier molecular flexibility index (Phi) is 65.5. The van der Waals surface area contributed by atoms with Gasteiger partial charge in [-0.1, -0.05) is 13.8 Å². The minimum atomic E-state index is -1.07. The fraction of sp³-hybridized carbons (Fsp3) is 0.927. The fourth-order valence-corrected chi connectivity index (χ4v) is 12.2. The van der Waals surface area contributed by atoms with Crippen LogP contribution in [0.4, 0.5) is 0 Å². The number of carbonyl (C=O) groups is 6. The minimum Gasteiger partial charge on any atom is -0.465 e. The average molecular weight is 1730 g/mol. The molecule has 0 radical (unpaired) electrons. The lowest BCUT2D eigenvalue weighted by molar-refractivity contribution is -0.165. The maximum Gasteiger partial charge on any atom is 0.307 e. The van der Waals surface area contributed by atoms with Gasteiger partial charge in [-0.3, -0.25) is 58.2 Å². The Hall–Kier alpha value is -4.22. The maximum atomic E-state index is 13.8. The highest BCUT2D eigenvalue weighted by Gasteiger charge is 2.37. The van der Waals surface area contributed by atoms with E-state index in [9.17, 15) is 28.8 Å². The topological polar surface area (TPSA) is 362 Å². The molecule has 700 valence electrons. The van der Waals surface area contributed by atoms with E-state index in [0.29, 0.717) is 395 Å². The molecule has 0 saturated carbocycles. The van der Waals surface area contributed by atoms with Crippen LogP contribution in [0.5, 0.6) is 0 Å². The predicted molar refractivity (Wildman–Crippen MR) is 434 cm³/mol. The van der Waals surface area contributed by atoms with Crippen molar-refractivity contribution in [3.05, 3.63) is 0 Å². The second-order valence-electron chi connectivity index (χ2n) is 29.5. The number of hydrogen-bond acceptors (Lipinski definition) is 38. The second-order valence-corrected chi connectivity index (χ2v) is 29.5. The van der Waals surface area contributed by atoms with E-state index >= 15 is 0 Å². The van der Waals surface area contributed by atoms with Crippen LogP contribution in [0.15, 0.2) is 0 Å². The highest BCUT2D eigenvalue weighted by molar-refractivity contribution is 5.72. The Labute approximate surface area is 712 Å². The smallest absolute Gasteiger partial charge is 0.307 e. The molecule has 5 heterocycles. The van der Waals surface area contributed by atoms with Crippen molar-refractivity contribution in [2.45, 2.75) is 65.2 Å². The zero-order valence-electron chi connectivity index (χ0n) is 72.7. The molecule has 38 heteroatoms. The van der Waals surface area contributed by atoms with Crippen LogP contribution in [0.1, 0.15) is 65.2 Å². The summed E-state index contributed by atoms with van der Waals surface area (Å²) < 4.78 is 151. The predicted octanol–water partition coefficient (Wildman–Crippen LogP) is 0.591. The molecule has 0 aromatic rings. The summed E-state index contributed by atoms with van der Waals surface area (Å²) in [5.74, 6) is -2.83. The summed E-state index contributed by atoms with van der Waals surface area (Å²) in [6, 6.07) is 0. The standard InChI is InChI=1S/C82H150N6O32/c1-3-81(71-117-77(91)7-13-85-21-33-99-45-53-107-61-62-108-54-46-100-34-22-85,72-118-78(92)8-14-86-23-35-101-47-55-109-63-64-110-56-48-102-36-24-86)69-115-75(89)5-11-83-17-29-95-41-43-97-31-19-84(20-32-98-44-42-96-30-18-83)12-6-76(90)116-70-82(4-2,73-119-79(93)9-15-87-25-37-103-49-57-111-65-66-112-58-50-104-38-26-87)74-120-80(94)10-16-88-27-39-105-51-59-113-67-68-114-60-52-106-40-28-88/h3-74H2,1-2H3. The minimum absolute atomic E-state index is 0.0203. The summed E-state index contributed by atoms with van der Waals surface area (Å²) in [6.07, 6.45) is 0.982. The summed E-state index contributed by atoms with van der Waals surface area (Å²) in [6.45, 7) is 28.1. The SMILES string of the molecule is CCC(COC(=O)CCN1CCOCCOCCOCCOCC1)(COC(=O)CCN1CCOCCOCCOCCOCC1)COC(=O)CCN1CCOCCOCCN(CCC(=O)OCC(CC)(COC(=O)CCN2CCOCCOCCOCCOCC2)COC(=O)CCN2CCOCCOCCOCCOCC2)CCOCCOCC1. The number of nitrogens with zero attached hydrogens (tertiary/aromatic N) is 6. The van der Waals surface area contributed by atoms with Crippen molar-refractivity contribution in [2.24, 2.45) is 10.8 Å². The van der Waals surface area contributed by atoms with Gasteiger partial charge in [-0.15, -0.1) is 0 Å². The molecule has 0 aromatic carbocycles. The Balaban J connectivity index is 1.12. The third kappa shape index (κ3) is 58.1. The molecule has 5 fully saturated rings. The first kappa shape index (κ1) is 106. The van der Waals surface area contributed by atoms with Crippen molar-refractivity contribution in [1.29, 1.82) is 0 Å². The van der Waals surface area contributed by atoms with Crippen molar-refractivity contribution in [2.75, 3.05) is 422 Å². The second kappa shape index (κ2) is 73.9. The zero-order valence-corrected chi connectivity index (χ0v) is 72.7. The lowest BCUT2D eigenvalue weighted by Gasteiger charge is -2.31. The van der Waals surface area contributed by atoms with Crippen LogP contribution in [0.25, 0.3) is 0 Å². The van der Waals surface area contributed by atoms with Gasteiger partial charge in [-0.25, -0.2) is 0 Å². The number of esters is 6. The third-order valence-corrected chi connectivity index (χ3v) is 20.4. The molecule has 0 amide bonds. The number of carbonyl (C=O) groups excluding carboxylic acids is 6. The van der Waals surface area contributed by atoms with Crippen molar-refractivity contribution in [3.8, 4) is 0 Å². The molecule has 38 nitrogen and oxygen atoms in total. The van der Waals surface area contributed by atoms with E-state index < -0.39 is 46.6 Å². The first-order valence-electron chi connectivity index (χ1n) is 43.8. The Morgan fingerprint density at radius 1 is 0.183 bits per heavy atom. The first-order valence-corrected chi connectivity index (χ1v) is 43.8. The van der Waals surface area contributed by atoms with Gasteiger partial charge in [0.1, 0.15) is 39.6 Å². The van der Waals surface area contributed by atoms with Crippen LogP contribution in [-0.2, 0) is 152 Å². The van der Waals surface area contributed by atoms with Gasteiger partial charge in [-0.05, 0) is 12.8 Å². The average Bonchev–Trinajstić information content (AvgIpc) is 0.866. The van der Waals surface area contributed by atoms with Gasteiger partial charge in [0.25, 0.3) is 0 Å². The van der Waals surface area contributed by atoms with E-state index in [1.165, 1.54) is 0 Å². The molecule has 0 atom stereocenters. The van der Waals surface area contributed by atoms with Gasteiger partial charge in [0.05, 0.1) is 314 Å². The Morgan fingerprint density at radius 3 is 0.383 bits per heavy atom. The van der Waals surface area contributed by atoms with E-state index in [2.05, 4.69) is 29.4 Å². The van der Waals surface area contributed by atoms with Crippen molar-refractivity contribution >= 4 is 35.8 Å². The molecule has 0 aliphatic carbocycles. The first-order chi connectivity index (χ1) is 59.0. The summed E-state index contributed by atoms with van der Waals surface area (Å²) in [5.41, 5.74) is -2.14. The molecule has 0 aromatic heterocycles. The molecule has 5 saturated heterocycles. The van der Waals surface area contributed by atoms with Gasteiger partial charge in [0.15, 0.2) is 0 Å². The molecule has 0 N–H and O–H groups in total. The number of ether oxygens (including phenoxy) is 26. The Bertz CT molecular complexity index is 2160. The van der Waals surface area contributed by atoms with Crippen LogP contribution in [-0.4, -0.2) is 487 Å². The molecule has 120 heavy (non-hydrogen) atoms. The third-order valence-electron chi connectivity index (χ3n) is 20.4. The molecule has 0 unspecified atom stereocenters. The lowest BCUT2D eigenvalue weighted by atomic mass is 9.88. The van der Waals surface area contributed by atoms with Gasteiger partial charge in [0, 0.05) is 118 Å². The number of hydrogen-bond donors (Lipinski definition) is 0. The summed E-state index contributed by atoms with van der Waals surface area (Å²) in [5, 5.41) is 0. The summed E-state index contributed by atoms with van der Waals surface area (Å²) in [7, 11) is 0. The molecular formula is C82H150N6O32. The molecule has 5 rings (SSSR count). The summed E-state index contributed by atoms with van der Waals surface area (Å²) >= 11 is 0. The van der Waals surface area contributed by atoms with Gasteiger partial charge >= 0.3 is 35.8 Å². The van der Waals surface area contributed by atoms with Gasteiger partial charge in [-0.2, -0.15) is 0 Å². The van der Waals surface area contributed by atoms with Crippen LogP contribution in [0, 0.1) is 10.8 Å². The van der Waals surface area contributed by atoms with Gasteiger partial charge in [0.2, 0.25) is 0 Å². The quantitative estimate of drug-likeness (QED) is 0.0657. The number of rotatable bonds is 32. The van der Waals surface area contributed by atoms with E-state index in [4.69, 9.17) is 123 Å². The van der Waals surface area contributed by atoms with Crippen LogP contribution >= 0.6 is 0 Å². The van der Waals surface area contributed by atoms with E-state index in [1.807, 2.05) is 13.8 Å². The molecule has 5 aliphatic rings. The van der Waals surface area contributed by atoms with Crippen LogP contribution in [0.2, 0.25) is 0 Å². The highest BCUT2D eigenvalue weighted by atomic mass is 16.6. The Morgan fingerprint density at radius 2 is 0.283 bits per heavy atom. The van der Waals surface area contributed by atoms with E-state index in [1.54, 1.807) is 0 Å². The van der Waals surface area contributed by atoms with Crippen molar-refractivity contribution in [3.63, 3.8) is 0 Å². The molecule has 5 aliphatic heterocycles.